The molecule has 0 aliphatic heterocycles. The summed E-state index contributed by atoms with van der Waals surface area (Å²) < 4.78 is 54.4. The van der Waals surface area contributed by atoms with Crippen LogP contribution < -0.4 is 0 Å². The predicted octanol–water partition coefficient (Wildman–Crippen LogP) is 0.634. The topological polar surface area (TPSA) is 51.2 Å². The molecule has 0 rings (SSSR count). The molecule has 0 unspecified atom stereocenters. The van der Waals surface area contributed by atoms with E-state index in [-0.39, 0.29) is 5.41 Å². The molecular weight excluding hydrogens is 185 g/mol. The number of alkyl halides is 3. The van der Waals surface area contributed by atoms with E-state index < -0.39 is 21.1 Å². The van der Waals surface area contributed by atoms with Crippen LogP contribution in [0.25, 0.3) is 0 Å². The highest BCUT2D eigenvalue weighted by molar-refractivity contribution is 8.08. The van der Waals surface area contributed by atoms with E-state index in [1.807, 2.05) is 0 Å². The average Bonchev–Trinajstić information content (AvgIpc) is 1.84. The van der Waals surface area contributed by atoms with Crippen LogP contribution in [-0.4, -0.2) is 19.7 Å². The van der Waals surface area contributed by atoms with Crippen LogP contribution in [0, 0.1) is 0 Å². The van der Waals surface area contributed by atoms with Crippen molar-refractivity contribution >= 4 is 15.0 Å². The van der Waals surface area contributed by atoms with E-state index in [0.29, 0.717) is 0 Å². The van der Waals surface area contributed by atoms with Gasteiger partial charge in [-0.3, -0.25) is 4.79 Å². The Labute approximate surface area is 60.4 Å². The van der Waals surface area contributed by atoms with Gasteiger partial charge in [-0.1, -0.05) is 6.58 Å². The van der Waals surface area contributed by atoms with Crippen LogP contribution in [0.5, 0.6) is 0 Å². The van der Waals surface area contributed by atoms with E-state index in [9.17, 15) is 26.4 Å². The van der Waals surface area contributed by atoms with Gasteiger partial charge in [0.15, 0.2) is 0 Å². The van der Waals surface area contributed by atoms with E-state index >= 15 is 0 Å². The second-order valence-corrected chi connectivity index (χ2v) is 3.29. The lowest BCUT2D eigenvalue weighted by Crippen LogP contribution is -2.29. The summed E-state index contributed by atoms with van der Waals surface area (Å²) in [4.78, 5) is 9.93. The van der Waals surface area contributed by atoms with Crippen molar-refractivity contribution in [3.63, 3.8) is 0 Å². The molecule has 0 aromatic carbocycles. The molecule has 0 heterocycles. The smallest absolute Gasteiger partial charge is 0.271 e. The van der Waals surface area contributed by atoms with Gasteiger partial charge in [0.1, 0.15) is 0 Å². The largest absolute Gasteiger partial charge is 0.466 e. The Morgan fingerprint density at radius 2 is 1.73 bits per heavy atom. The maximum atomic E-state index is 11.4. The fraction of sp³-hybridized carbons (Fsp3) is 0.250. The number of halogens is 3. The summed E-state index contributed by atoms with van der Waals surface area (Å²) in [5.74, 6) is 0. The molecule has 0 N–H and O–H groups in total. The molecule has 0 radical (unpaired) electrons. The second-order valence-electron chi connectivity index (χ2n) is 1.50. The first-order valence-electron chi connectivity index (χ1n) is 2.20. The summed E-state index contributed by atoms with van der Waals surface area (Å²) in [6.07, 6.45) is -5.35. The summed E-state index contributed by atoms with van der Waals surface area (Å²) in [6, 6.07) is 0. The summed E-state index contributed by atoms with van der Waals surface area (Å²) in [5.41, 5.74) is 0. The highest BCUT2D eigenvalue weighted by Crippen LogP contribution is 2.19. The van der Waals surface area contributed by atoms with Gasteiger partial charge in [0.25, 0.3) is 0 Å². The lowest BCUT2D eigenvalue weighted by Gasteiger charge is -2.00. The quantitative estimate of drug-likeness (QED) is 0.606. The fourth-order valence-corrected chi connectivity index (χ4v) is 0.711. The Morgan fingerprint density at radius 1 is 1.36 bits per heavy atom. The third-order valence-corrected chi connectivity index (χ3v) is 1.90. The zero-order valence-electron chi connectivity index (χ0n) is 5.05. The van der Waals surface area contributed by atoms with Crippen molar-refractivity contribution in [1.29, 1.82) is 0 Å². The molecule has 0 amide bonds. The first-order valence-corrected chi connectivity index (χ1v) is 3.75. The van der Waals surface area contributed by atoms with Crippen LogP contribution >= 0.6 is 0 Å². The highest BCUT2D eigenvalue weighted by atomic mass is 32.2. The van der Waals surface area contributed by atoms with Gasteiger partial charge < -0.3 is 0 Å². The van der Waals surface area contributed by atoms with Gasteiger partial charge in [0, 0.05) is 5.41 Å². The zero-order chi connectivity index (χ0) is 9.28. The Balaban J connectivity index is 4.96. The molecule has 3 nitrogen and oxygen atoms in total. The standard InChI is InChI=1S/C4H3F3O3S/c1-2-11(9,10)3(8)4(5,6)7/h2H,1H2. The van der Waals surface area contributed by atoms with Crippen LogP contribution in [0.3, 0.4) is 0 Å². The van der Waals surface area contributed by atoms with E-state index in [1.165, 1.54) is 0 Å². The summed E-state index contributed by atoms with van der Waals surface area (Å²) >= 11 is 0. The van der Waals surface area contributed by atoms with Crippen LogP contribution in [0.4, 0.5) is 13.2 Å². The SMILES string of the molecule is C=CS(=O)(=O)C(=O)C(F)(F)F. The van der Waals surface area contributed by atoms with Crippen molar-refractivity contribution < 1.29 is 26.4 Å². The van der Waals surface area contributed by atoms with Gasteiger partial charge in [0.2, 0.25) is 9.84 Å². The average molecular weight is 188 g/mol. The van der Waals surface area contributed by atoms with Crippen LogP contribution in [0.2, 0.25) is 0 Å². The number of sulfone groups is 1. The first-order chi connectivity index (χ1) is 4.72. The molecule has 0 saturated heterocycles. The fourth-order valence-electron chi connectivity index (χ4n) is 0.237. The van der Waals surface area contributed by atoms with Gasteiger partial charge in [0.05, 0.1) is 0 Å². The lowest BCUT2D eigenvalue weighted by atomic mass is 10.8. The Bertz CT molecular complexity index is 273. The van der Waals surface area contributed by atoms with E-state index in [4.69, 9.17) is 0 Å². The molecular formula is C4H3F3O3S. The van der Waals surface area contributed by atoms with Crippen LogP contribution in [0.15, 0.2) is 12.0 Å². The Morgan fingerprint density at radius 3 is 1.82 bits per heavy atom. The molecule has 11 heavy (non-hydrogen) atoms. The molecule has 7 heteroatoms. The van der Waals surface area contributed by atoms with E-state index in [2.05, 4.69) is 6.58 Å². The number of carbonyl (C=O) groups is 1. The minimum Gasteiger partial charge on any atom is -0.271 e. The van der Waals surface area contributed by atoms with Crippen LogP contribution in [-0.2, 0) is 14.6 Å². The maximum absolute atomic E-state index is 11.4. The number of hydrogen-bond donors (Lipinski definition) is 0. The van der Waals surface area contributed by atoms with Gasteiger partial charge in [-0.15, -0.1) is 0 Å². The van der Waals surface area contributed by atoms with Gasteiger partial charge >= 0.3 is 11.3 Å². The molecule has 0 spiro atoms. The van der Waals surface area contributed by atoms with Crippen molar-refractivity contribution in [2.45, 2.75) is 6.18 Å². The molecule has 0 aromatic heterocycles. The van der Waals surface area contributed by atoms with Gasteiger partial charge in [-0.25, -0.2) is 8.42 Å². The zero-order valence-corrected chi connectivity index (χ0v) is 5.87. The second kappa shape index (κ2) is 2.65. The van der Waals surface area contributed by atoms with Crippen molar-refractivity contribution in [3.8, 4) is 0 Å². The van der Waals surface area contributed by atoms with Crippen molar-refractivity contribution in [2.24, 2.45) is 0 Å². The third-order valence-electron chi connectivity index (χ3n) is 0.709. The molecule has 0 bridgehead atoms. The monoisotopic (exact) mass is 188 g/mol. The van der Waals surface area contributed by atoms with E-state index in [1.54, 1.807) is 0 Å². The predicted molar refractivity (Wildman–Crippen MR) is 30.2 cm³/mol. The van der Waals surface area contributed by atoms with E-state index in [0.717, 1.165) is 0 Å². The molecule has 0 aliphatic carbocycles. The molecule has 0 aliphatic rings. The lowest BCUT2D eigenvalue weighted by molar-refractivity contribution is -0.161. The summed E-state index contributed by atoms with van der Waals surface area (Å²) in [5, 5.41) is -2.83. The molecule has 0 fully saturated rings. The molecule has 0 saturated carbocycles. The number of rotatable bonds is 1. The van der Waals surface area contributed by atoms with Crippen molar-refractivity contribution in [3.05, 3.63) is 12.0 Å². The molecule has 0 aromatic rings. The first kappa shape index (κ1) is 10.2. The number of hydrogen-bond acceptors (Lipinski definition) is 3. The Hall–Kier alpha value is -0.850. The minimum atomic E-state index is -5.35. The van der Waals surface area contributed by atoms with Crippen LogP contribution in [0.1, 0.15) is 0 Å². The number of carbonyl (C=O) groups excluding carboxylic acids is 1. The van der Waals surface area contributed by atoms with Crippen molar-refractivity contribution in [1.82, 2.24) is 0 Å². The normalized spacial score (nSPS) is 12.6. The summed E-state index contributed by atoms with van der Waals surface area (Å²) in [7, 11) is -4.86. The maximum Gasteiger partial charge on any atom is 0.466 e. The molecule has 64 valence electrons. The summed E-state index contributed by atoms with van der Waals surface area (Å²) in [6.45, 7) is 2.56. The van der Waals surface area contributed by atoms with Gasteiger partial charge in [-0.2, -0.15) is 13.2 Å². The molecule has 0 atom stereocenters. The minimum absolute atomic E-state index is 0.0389. The Kier molecular flexibility index (Phi) is 2.44. The van der Waals surface area contributed by atoms with Crippen molar-refractivity contribution in [2.75, 3.05) is 0 Å². The third kappa shape index (κ3) is 2.34. The highest BCUT2D eigenvalue weighted by Gasteiger charge is 2.46. The van der Waals surface area contributed by atoms with Gasteiger partial charge in [-0.05, 0) is 0 Å².